The van der Waals surface area contributed by atoms with Gasteiger partial charge in [0.25, 0.3) is 5.91 Å². The van der Waals surface area contributed by atoms with Crippen LogP contribution in [0, 0.1) is 5.92 Å². The highest BCUT2D eigenvalue weighted by atomic mass is 35.5. The smallest absolute Gasteiger partial charge is 0.254 e. The lowest BCUT2D eigenvalue weighted by Crippen LogP contribution is -2.34. The summed E-state index contributed by atoms with van der Waals surface area (Å²) in [6.07, 6.45) is 2.71. The molecule has 0 radical (unpaired) electrons. The lowest BCUT2D eigenvalue weighted by atomic mass is 10.1. The Morgan fingerprint density at radius 3 is 2.59 bits per heavy atom. The van der Waals surface area contributed by atoms with Gasteiger partial charge in [-0.15, -0.1) is 24.8 Å². The fraction of sp³-hybridized carbons (Fsp3) is 0.381. The lowest BCUT2D eigenvalue weighted by Gasteiger charge is -2.22. The monoisotopic (exact) mass is 435 g/mol. The Bertz CT molecular complexity index is 976. The van der Waals surface area contributed by atoms with Gasteiger partial charge in [0.2, 0.25) is 0 Å². The summed E-state index contributed by atoms with van der Waals surface area (Å²) in [4.78, 5) is 20.2. The van der Waals surface area contributed by atoms with Gasteiger partial charge < -0.3 is 10.6 Å². The van der Waals surface area contributed by atoms with Crippen molar-refractivity contribution < 1.29 is 4.79 Å². The zero-order valence-corrected chi connectivity index (χ0v) is 18.2. The number of carbonyl (C=O) groups excluding carboxylic acids is 1. The number of benzene rings is 1. The van der Waals surface area contributed by atoms with Crippen LogP contribution in [0.15, 0.2) is 42.6 Å². The third-order valence-corrected chi connectivity index (χ3v) is 5.46. The molecule has 2 N–H and O–H groups in total. The number of nitrogens with zero attached hydrogens (tertiary/aromatic N) is 4. The third-order valence-electron chi connectivity index (χ3n) is 5.46. The first-order chi connectivity index (χ1) is 13.1. The second-order valence-corrected chi connectivity index (χ2v) is 7.26. The molecule has 1 aromatic carbocycles. The van der Waals surface area contributed by atoms with Gasteiger partial charge in [0.15, 0.2) is 5.65 Å². The van der Waals surface area contributed by atoms with Crippen molar-refractivity contribution in [1.29, 1.82) is 0 Å². The Labute approximate surface area is 183 Å². The van der Waals surface area contributed by atoms with E-state index in [0.29, 0.717) is 31.1 Å². The molecule has 1 amide bonds. The number of aromatic nitrogens is 3. The van der Waals surface area contributed by atoms with E-state index in [2.05, 4.69) is 12.0 Å². The van der Waals surface area contributed by atoms with Crippen LogP contribution in [0.3, 0.4) is 0 Å². The maximum Gasteiger partial charge on any atom is 0.254 e. The van der Waals surface area contributed by atoms with E-state index in [1.807, 2.05) is 52.9 Å². The molecule has 0 bridgehead atoms. The Hall–Kier alpha value is -2.15. The van der Waals surface area contributed by atoms with Gasteiger partial charge in [0.1, 0.15) is 0 Å². The van der Waals surface area contributed by atoms with E-state index in [1.54, 1.807) is 6.20 Å². The second-order valence-electron chi connectivity index (χ2n) is 7.26. The molecular weight excluding hydrogens is 409 g/mol. The first-order valence-electron chi connectivity index (χ1n) is 9.55. The normalized spacial score (nSPS) is 18.4. The minimum absolute atomic E-state index is 0. The van der Waals surface area contributed by atoms with Crippen molar-refractivity contribution in [2.75, 3.05) is 13.1 Å². The number of hydrogen-bond donors (Lipinski definition) is 1. The summed E-state index contributed by atoms with van der Waals surface area (Å²) in [6, 6.07) is 12.1. The fourth-order valence-corrected chi connectivity index (χ4v) is 3.96. The van der Waals surface area contributed by atoms with E-state index in [1.165, 1.54) is 0 Å². The van der Waals surface area contributed by atoms with Gasteiger partial charge in [-0.25, -0.2) is 9.67 Å². The number of nitrogens with two attached hydrogens (primary N) is 1. The predicted molar refractivity (Wildman–Crippen MR) is 121 cm³/mol. The van der Waals surface area contributed by atoms with Crippen LogP contribution in [-0.4, -0.2) is 44.7 Å². The number of hydrogen-bond acceptors (Lipinski definition) is 4. The van der Waals surface area contributed by atoms with E-state index < -0.39 is 0 Å². The van der Waals surface area contributed by atoms with Crippen molar-refractivity contribution in [2.24, 2.45) is 11.7 Å². The summed E-state index contributed by atoms with van der Waals surface area (Å²) >= 11 is 0. The van der Waals surface area contributed by atoms with Crippen LogP contribution in [0.25, 0.3) is 22.3 Å². The van der Waals surface area contributed by atoms with Gasteiger partial charge in [-0.05, 0) is 38.8 Å². The molecular formula is C21H27Cl2N5O. The summed E-state index contributed by atoms with van der Waals surface area (Å²) in [5.41, 5.74) is 9.06. The summed E-state index contributed by atoms with van der Waals surface area (Å²) in [5.74, 6) is 0.409. The number of fused-ring (bicyclic) bond motifs is 1. The predicted octanol–water partition coefficient (Wildman–Crippen LogP) is 3.77. The summed E-state index contributed by atoms with van der Waals surface area (Å²) in [6.45, 7) is 6.16. The molecule has 1 aliphatic heterocycles. The Morgan fingerprint density at radius 2 is 1.97 bits per heavy atom. The first-order valence-corrected chi connectivity index (χ1v) is 9.55. The van der Waals surface area contributed by atoms with Gasteiger partial charge in [-0.2, -0.15) is 5.10 Å². The highest BCUT2D eigenvalue weighted by Gasteiger charge is 2.33. The number of likely N-dealkylation sites (tertiary alicyclic amines) is 1. The minimum Gasteiger partial charge on any atom is -0.336 e. The van der Waals surface area contributed by atoms with E-state index in [-0.39, 0.29) is 36.8 Å². The summed E-state index contributed by atoms with van der Waals surface area (Å²) in [5, 5.41) is 5.24. The number of pyridine rings is 1. The van der Waals surface area contributed by atoms with E-state index in [4.69, 9.17) is 10.7 Å². The Balaban J connectivity index is 0.00000150. The van der Waals surface area contributed by atoms with E-state index in [0.717, 1.165) is 28.7 Å². The summed E-state index contributed by atoms with van der Waals surface area (Å²) in [7, 11) is 0. The van der Waals surface area contributed by atoms with Crippen LogP contribution in [-0.2, 0) is 6.54 Å². The molecule has 0 aliphatic carbocycles. The first kappa shape index (κ1) is 23.1. The minimum atomic E-state index is 0. The molecule has 1 fully saturated rings. The number of halogens is 2. The highest BCUT2D eigenvalue weighted by Crippen LogP contribution is 2.29. The van der Waals surface area contributed by atoms with E-state index in [9.17, 15) is 4.79 Å². The molecule has 2 aromatic heterocycles. The van der Waals surface area contributed by atoms with Crippen LogP contribution in [0.4, 0.5) is 0 Å². The molecule has 2 atom stereocenters. The van der Waals surface area contributed by atoms with Crippen LogP contribution in [0.5, 0.6) is 0 Å². The highest BCUT2D eigenvalue weighted by molar-refractivity contribution is 6.06. The second kappa shape index (κ2) is 9.57. The van der Waals surface area contributed by atoms with Gasteiger partial charge in [0, 0.05) is 24.7 Å². The molecule has 2 unspecified atom stereocenters. The summed E-state index contributed by atoms with van der Waals surface area (Å²) < 4.78 is 1.84. The number of rotatable bonds is 4. The number of carbonyl (C=O) groups is 1. The molecule has 29 heavy (non-hydrogen) atoms. The van der Waals surface area contributed by atoms with Gasteiger partial charge >= 0.3 is 0 Å². The van der Waals surface area contributed by atoms with Crippen LogP contribution < -0.4 is 5.73 Å². The molecule has 0 saturated carbocycles. The molecule has 156 valence electrons. The molecule has 1 aliphatic rings. The molecule has 6 nitrogen and oxygen atoms in total. The Morgan fingerprint density at radius 1 is 1.24 bits per heavy atom. The SMILES string of the molecule is CCn1ncc2c(C(=O)N3CC(CN)CC3C)cc(-c3ccccc3)nc21.Cl.Cl. The van der Waals surface area contributed by atoms with E-state index >= 15 is 0 Å². The quantitative estimate of drug-likeness (QED) is 0.676. The molecule has 3 heterocycles. The maximum absolute atomic E-state index is 13.4. The van der Waals surface area contributed by atoms with Crippen LogP contribution >= 0.6 is 24.8 Å². The van der Waals surface area contributed by atoms with Crippen molar-refractivity contribution in [3.05, 3.63) is 48.2 Å². The molecule has 3 aromatic rings. The third kappa shape index (κ3) is 4.25. The average Bonchev–Trinajstić information content (AvgIpc) is 3.30. The Kier molecular flexibility index (Phi) is 7.63. The van der Waals surface area contributed by atoms with Crippen molar-refractivity contribution in [3.8, 4) is 11.3 Å². The van der Waals surface area contributed by atoms with Crippen molar-refractivity contribution in [2.45, 2.75) is 32.9 Å². The zero-order chi connectivity index (χ0) is 19.0. The van der Waals surface area contributed by atoms with Crippen molar-refractivity contribution >= 4 is 41.8 Å². The van der Waals surface area contributed by atoms with Gasteiger partial charge in [-0.3, -0.25) is 4.79 Å². The largest absolute Gasteiger partial charge is 0.336 e. The fourth-order valence-electron chi connectivity index (χ4n) is 3.96. The molecule has 8 heteroatoms. The topological polar surface area (TPSA) is 77.0 Å². The number of amides is 1. The van der Waals surface area contributed by atoms with Crippen molar-refractivity contribution in [1.82, 2.24) is 19.7 Å². The average molecular weight is 436 g/mol. The molecule has 4 rings (SSSR count). The van der Waals surface area contributed by atoms with Gasteiger partial charge in [0.05, 0.1) is 22.8 Å². The standard InChI is InChI=1S/C21H25N5O.2ClH/c1-3-26-20-18(12-23-26)17(10-19(24-20)16-7-5-4-6-8-16)21(27)25-13-15(11-22)9-14(25)2;;/h4-8,10,12,14-15H,3,9,11,13,22H2,1-2H3;2*1H. The van der Waals surface area contributed by atoms with Crippen LogP contribution in [0.2, 0.25) is 0 Å². The number of aryl methyl sites for hydroxylation is 1. The van der Waals surface area contributed by atoms with Gasteiger partial charge in [-0.1, -0.05) is 30.3 Å². The van der Waals surface area contributed by atoms with Crippen molar-refractivity contribution in [3.63, 3.8) is 0 Å². The lowest BCUT2D eigenvalue weighted by molar-refractivity contribution is 0.0745. The molecule has 0 spiro atoms. The maximum atomic E-state index is 13.4. The molecule has 1 saturated heterocycles. The zero-order valence-electron chi connectivity index (χ0n) is 16.6. The van der Waals surface area contributed by atoms with Crippen LogP contribution in [0.1, 0.15) is 30.6 Å².